The molecule has 0 radical (unpaired) electrons. The zero-order chi connectivity index (χ0) is 20.9. The molecule has 0 aliphatic heterocycles. The molecule has 0 unspecified atom stereocenters. The lowest BCUT2D eigenvalue weighted by Crippen LogP contribution is -2.29. The number of amides is 1. The van der Waals surface area contributed by atoms with Crippen LogP contribution in [0.5, 0.6) is 0 Å². The zero-order valence-electron chi connectivity index (χ0n) is 15.7. The lowest BCUT2D eigenvalue weighted by atomic mass is 10.2. The minimum Gasteiger partial charge on any atom is -0.462 e. The van der Waals surface area contributed by atoms with E-state index in [9.17, 15) is 22.8 Å². The van der Waals surface area contributed by atoms with Crippen LogP contribution in [0.2, 0.25) is 0 Å². The number of benzene rings is 1. The highest BCUT2D eigenvalue weighted by molar-refractivity contribution is 7.89. The highest BCUT2D eigenvalue weighted by atomic mass is 32.2. The van der Waals surface area contributed by atoms with Crippen molar-refractivity contribution in [3.8, 4) is 0 Å². The summed E-state index contributed by atoms with van der Waals surface area (Å²) in [4.78, 5) is 35.7. The number of nitrogens with zero attached hydrogens (tertiary/aromatic N) is 2. The van der Waals surface area contributed by atoms with Gasteiger partial charge in [-0.15, -0.1) is 0 Å². The van der Waals surface area contributed by atoms with Gasteiger partial charge in [0.2, 0.25) is 15.9 Å². The molecule has 1 amide bonds. The van der Waals surface area contributed by atoms with E-state index < -0.39 is 27.5 Å². The van der Waals surface area contributed by atoms with Gasteiger partial charge in [-0.1, -0.05) is 0 Å². The monoisotopic (exact) mass is 407 g/mol. The molecule has 9 nitrogen and oxygen atoms in total. The first-order chi connectivity index (χ1) is 13.1. The predicted octanol–water partition coefficient (Wildman–Crippen LogP) is 0.914. The summed E-state index contributed by atoms with van der Waals surface area (Å²) in [5, 5.41) is 2.59. The van der Waals surface area contributed by atoms with E-state index in [1.165, 1.54) is 44.4 Å². The van der Waals surface area contributed by atoms with Gasteiger partial charge in [0.15, 0.2) is 0 Å². The highest BCUT2D eigenvalue weighted by Gasteiger charge is 2.18. The molecule has 0 aliphatic rings. The fourth-order valence-corrected chi connectivity index (χ4v) is 3.18. The normalized spacial score (nSPS) is 11.3. The third-order valence-electron chi connectivity index (χ3n) is 3.73. The van der Waals surface area contributed by atoms with Crippen LogP contribution >= 0.6 is 0 Å². The molecule has 0 saturated carbocycles. The number of aromatic nitrogens is 1. The topological polar surface area (TPSA) is 115 Å². The number of hydrogen-bond acceptors (Lipinski definition) is 6. The number of nitrogens with one attached hydrogen (secondary N) is 1. The number of carbonyl (C=O) groups excluding carboxylic acids is 2. The SMILES string of the molecule is CCOC(=O)c1ccc(NC(=O)Cn2cc(S(=O)(=O)N(C)C)ccc2=O)cc1. The third-order valence-corrected chi connectivity index (χ3v) is 5.53. The maximum absolute atomic E-state index is 12.2. The Morgan fingerprint density at radius 2 is 1.75 bits per heavy atom. The summed E-state index contributed by atoms with van der Waals surface area (Å²) in [5.74, 6) is -0.990. The Balaban J connectivity index is 2.13. The molecule has 2 rings (SSSR count). The van der Waals surface area contributed by atoms with E-state index in [0.29, 0.717) is 11.3 Å². The molecular weight excluding hydrogens is 386 g/mol. The summed E-state index contributed by atoms with van der Waals surface area (Å²) in [6.07, 6.45) is 1.13. The largest absolute Gasteiger partial charge is 0.462 e. The van der Waals surface area contributed by atoms with Crippen LogP contribution in [-0.4, -0.2) is 49.9 Å². The molecule has 1 heterocycles. The van der Waals surface area contributed by atoms with Crippen molar-refractivity contribution in [3.63, 3.8) is 0 Å². The van der Waals surface area contributed by atoms with Crippen molar-refractivity contribution in [2.24, 2.45) is 0 Å². The number of esters is 1. The van der Waals surface area contributed by atoms with Crippen molar-refractivity contribution >= 4 is 27.6 Å². The molecule has 28 heavy (non-hydrogen) atoms. The molecule has 0 fully saturated rings. The van der Waals surface area contributed by atoms with Gasteiger partial charge in [0.1, 0.15) is 6.54 Å². The van der Waals surface area contributed by atoms with Gasteiger partial charge in [0.25, 0.3) is 5.56 Å². The first kappa shape index (κ1) is 21.3. The Morgan fingerprint density at radius 3 is 2.32 bits per heavy atom. The van der Waals surface area contributed by atoms with Gasteiger partial charge in [-0.3, -0.25) is 9.59 Å². The van der Waals surface area contributed by atoms with Crippen LogP contribution in [0.3, 0.4) is 0 Å². The average Bonchev–Trinajstić information content (AvgIpc) is 2.64. The second kappa shape index (κ2) is 8.81. The van der Waals surface area contributed by atoms with E-state index in [2.05, 4.69) is 5.32 Å². The van der Waals surface area contributed by atoms with Crippen LogP contribution in [0, 0.1) is 0 Å². The molecule has 1 aromatic carbocycles. The lowest BCUT2D eigenvalue weighted by Gasteiger charge is -2.13. The first-order valence-corrected chi connectivity index (χ1v) is 9.79. The minimum absolute atomic E-state index is 0.0938. The second-order valence-corrected chi connectivity index (χ2v) is 8.12. The Hall–Kier alpha value is -2.98. The fraction of sp³-hybridized carbons (Fsp3) is 0.278. The smallest absolute Gasteiger partial charge is 0.338 e. The number of ether oxygens (including phenoxy) is 1. The lowest BCUT2D eigenvalue weighted by molar-refractivity contribution is -0.116. The van der Waals surface area contributed by atoms with Gasteiger partial charge in [-0.25, -0.2) is 17.5 Å². The van der Waals surface area contributed by atoms with Crippen molar-refractivity contribution in [1.29, 1.82) is 0 Å². The molecule has 0 saturated heterocycles. The van der Waals surface area contributed by atoms with E-state index in [1.54, 1.807) is 6.92 Å². The quantitative estimate of drug-likeness (QED) is 0.683. The summed E-state index contributed by atoms with van der Waals surface area (Å²) in [6.45, 7) is 1.59. The van der Waals surface area contributed by atoms with Gasteiger partial charge in [-0.2, -0.15) is 0 Å². The van der Waals surface area contributed by atoms with E-state index in [-0.39, 0.29) is 18.0 Å². The van der Waals surface area contributed by atoms with Gasteiger partial charge in [-0.05, 0) is 37.3 Å². The van der Waals surface area contributed by atoms with E-state index >= 15 is 0 Å². The van der Waals surface area contributed by atoms with Gasteiger partial charge in [0, 0.05) is 32.0 Å². The average molecular weight is 407 g/mol. The van der Waals surface area contributed by atoms with Crippen molar-refractivity contribution in [3.05, 3.63) is 58.5 Å². The summed E-state index contributed by atoms with van der Waals surface area (Å²) in [7, 11) is -0.986. The molecule has 0 atom stereocenters. The van der Waals surface area contributed by atoms with Crippen molar-refractivity contribution in [2.45, 2.75) is 18.4 Å². The summed E-state index contributed by atoms with van der Waals surface area (Å²) >= 11 is 0. The molecule has 150 valence electrons. The first-order valence-electron chi connectivity index (χ1n) is 8.35. The van der Waals surface area contributed by atoms with Crippen LogP contribution in [0.4, 0.5) is 5.69 Å². The van der Waals surface area contributed by atoms with E-state index in [4.69, 9.17) is 4.74 Å². The second-order valence-electron chi connectivity index (χ2n) is 5.96. The van der Waals surface area contributed by atoms with Crippen molar-refractivity contribution in [2.75, 3.05) is 26.0 Å². The molecule has 1 aromatic heterocycles. The van der Waals surface area contributed by atoms with Gasteiger partial charge >= 0.3 is 5.97 Å². The summed E-state index contributed by atoms with van der Waals surface area (Å²) in [6, 6.07) is 8.35. The number of hydrogen-bond donors (Lipinski definition) is 1. The fourth-order valence-electron chi connectivity index (χ4n) is 2.26. The Morgan fingerprint density at radius 1 is 1.11 bits per heavy atom. The Labute approximate surface area is 162 Å². The molecule has 10 heteroatoms. The number of rotatable bonds is 7. The maximum atomic E-state index is 12.2. The van der Waals surface area contributed by atoms with Crippen LogP contribution in [0.15, 0.2) is 52.3 Å². The number of pyridine rings is 1. The minimum atomic E-state index is -3.73. The molecule has 0 bridgehead atoms. The summed E-state index contributed by atoms with van der Waals surface area (Å²) in [5.41, 5.74) is 0.256. The zero-order valence-corrected chi connectivity index (χ0v) is 16.5. The molecule has 1 N–H and O–H groups in total. The maximum Gasteiger partial charge on any atom is 0.338 e. The molecule has 0 spiro atoms. The summed E-state index contributed by atoms with van der Waals surface area (Å²) < 4.78 is 31.3. The van der Waals surface area contributed by atoms with Crippen molar-refractivity contribution in [1.82, 2.24) is 8.87 Å². The number of carbonyl (C=O) groups is 2. The van der Waals surface area contributed by atoms with Crippen LogP contribution in [-0.2, 0) is 26.1 Å². The third kappa shape index (κ3) is 5.05. The Kier molecular flexibility index (Phi) is 6.71. The molecule has 0 aliphatic carbocycles. The van der Waals surface area contributed by atoms with Gasteiger partial charge in [0.05, 0.1) is 17.1 Å². The standard InChI is InChI=1S/C18H21N3O6S/c1-4-27-18(24)13-5-7-14(8-6-13)19-16(22)12-21-11-15(9-10-17(21)23)28(25,26)20(2)3/h5-11H,4,12H2,1-3H3,(H,19,22). The van der Waals surface area contributed by atoms with Gasteiger partial charge < -0.3 is 14.6 Å². The highest BCUT2D eigenvalue weighted by Crippen LogP contribution is 2.12. The van der Waals surface area contributed by atoms with E-state index in [0.717, 1.165) is 21.1 Å². The van der Waals surface area contributed by atoms with Crippen molar-refractivity contribution < 1.29 is 22.7 Å². The predicted molar refractivity (Wildman–Crippen MR) is 103 cm³/mol. The van der Waals surface area contributed by atoms with E-state index in [1.807, 2.05) is 0 Å². The molecular formula is C18H21N3O6S. The van der Waals surface area contributed by atoms with Crippen LogP contribution in [0.1, 0.15) is 17.3 Å². The van der Waals surface area contributed by atoms with Crippen LogP contribution < -0.4 is 10.9 Å². The molecule has 2 aromatic rings. The number of anilines is 1. The number of sulfonamides is 1. The Bertz CT molecular complexity index is 1030. The van der Waals surface area contributed by atoms with Crippen LogP contribution in [0.25, 0.3) is 0 Å².